The van der Waals surface area contributed by atoms with Crippen LogP contribution < -0.4 is 21.5 Å². The largest absolute Gasteiger partial charge is 0.457 e. The van der Waals surface area contributed by atoms with Crippen LogP contribution in [-0.4, -0.2) is 32.8 Å². The van der Waals surface area contributed by atoms with Gasteiger partial charge in [0.2, 0.25) is 5.91 Å². The summed E-state index contributed by atoms with van der Waals surface area (Å²) in [7, 11) is 1.77. The number of anilines is 2. The van der Waals surface area contributed by atoms with E-state index in [0.29, 0.717) is 34.2 Å². The normalized spacial score (nSPS) is 11.2. The SMILES string of the molecule is Cc1ccc(-c2ccc(C=C(NC(=O)c3ccccc3)C(=O)Nc3ccc(SCC(=O)Nc4c(C)n(C)n(-c5ccccc5)c4=O)cc3)o2)cc1. The highest BCUT2D eigenvalue weighted by molar-refractivity contribution is 8.00. The number of amides is 3. The quantitative estimate of drug-likeness (QED) is 0.0972. The van der Waals surface area contributed by atoms with E-state index in [1.54, 1.807) is 79.3 Å². The topological polar surface area (TPSA) is 127 Å². The highest BCUT2D eigenvalue weighted by Gasteiger charge is 2.19. The van der Waals surface area contributed by atoms with Crippen LogP contribution in [0.15, 0.2) is 141 Å². The van der Waals surface area contributed by atoms with Crippen molar-refractivity contribution in [2.24, 2.45) is 7.05 Å². The first-order chi connectivity index (χ1) is 24.7. The van der Waals surface area contributed by atoms with Crippen molar-refractivity contribution in [2.75, 3.05) is 16.4 Å². The number of thioether (sulfide) groups is 1. The second-order valence-corrected chi connectivity index (χ2v) is 12.7. The Bertz CT molecular complexity index is 2270. The zero-order valence-corrected chi connectivity index (χ0v) is 29.0. The van der Waals surface area contributed by atoms with E-state index < -0.39 is 11.8 Å². The molecule has 0 spiro atoms. The number of nitrogens with one attached hydrogen (secondary N) is 3. The average Bonchev–Trinajstić information content (AvgIpc) is 3.70. The minimum Gasteiger partial charge on any atom is -0.457 e. The standard InChI is InChI=1S/C40H35N5O5S/c1-26-14-16-28(17-15-26)35-23-20-32(50-35)24-34(42-38(47)29-10-6-4-7-11-29)39(48)41-30-18-21-33(22-19-30)51-25-36(46)43-37-27(2)44(3)45(40(37)49)31-12-8-5-9-13-31/h4-24H,25H2,1-3H3,(H,41,48)(H,42,47)(H,43,46). The lowest BCUT2D eigenvalue weighted by Crippen LogP contribution is -2.30. The van der Waals surface area contributed by atoms with Crippen molar-refractivity contribution in [3.63, 3.8) is 0 Å². The smallest absolute Gasteiger partial charge is 0.295 e. The van der Waals surface area contributed by atoms with Crippen LogP contribution in [0.5, 0.6) is 0 Å². The van der Waals surface area contributed by atoms with Crippen LogP contribution in [0.3, 0.4) is 0 Å². The molecule has 0 unspecified atom stereocenters. The van der Waals surface area contributed by atoms with Crippen LogP contribution in [0, 0.1) is 13.8 Å². The highest BCUT2D eigenvalue weighted by atomic mass is 32.2. The lowest BCUT2D eigenvalue weighted by Gasteiger charge is -2.11. The maximum absolute atomic E-state index is 13.5. The number of para-hydroxylation sites is 1. The van der Waals surface area contributed by atoms with Crippen molar-refractivity contribution in [1.82, 2.24) is 14.7 Å². The minimum absolute atomic E-state index is 0.00804. The van der Waals surface area contributed by atoms with E-state index in [0.717, 1.165) is 16.0 Å². The minimum atomic E-state index is -0.549. The van der Waals surface area contributed by atoms with Crippen LogP contribution >= 0.6 is 11.8 Å². The Morgan fingerprint density at radius 1 is 0.784 bits per heavy atom. The number of rotatable bonds is 11. The number of carbonyl (C=O) groups is 3. The van der Waals surface area contributed by atoms with E-state index in [2.05, 4.69) is 16.0 Å². The zero-order valence-electron chi connectivity index (χ0n) is 28.2. The van der Waals surface area contributed by atoms with E-state index in [1.165, 1.54) is 22.5 Å². The fourth-order valence-corrected chi connectivity index (χ4v) is 5.96. The summed E-state index contributed by atoms with van der Waals surface area (Å²) in [4.78, 5) is 53.4. The molecule has 0 aliphatic heterocycles. The van der Waals surface area contributed by atoms with Crippen LogP contribution in [0.25, 0.3) is 23.1 Å². The number of carbonyl (C=O) groups excluding carboxylic acids is 3. The van der Waals surface area contributed by atoms with Crippen LogP contribution in [0.4, 0.5) is 11.4 Å². The van der Waals surface area contributed by atoms with Crippen molar-refractivity contribution in [1.29, 1.82) is 0 Å². The summed E-state index contributed by atoms with van der Waals surface area (Å²) in [6.07, 6.45) is 1.49. The first kappa shape index (κ1) is 34.5. The van der Waals surface area contributed by atoms with Gasteiger partial charge in [0.25, 0.3) is 17.4 Å². The van der Waals surface area contributed by atoms with Crippen LogP contribution in [0.2, 0.25) is 0 Å². The molecule has 0 saturated carbocycles. The van der Waals surface area contributed by atoms with E-state index in [4.69, 9.17) is 4.42 Å². The van der Waals surface area contributed by atoms with Crippen LogP contribution in [-0.2, 0) is 16.6 Å². The third kappa shape index (κ3) is 8.28. The summed E-state index contributed by atoms with van der Waals surface area (Å²) < 4.78 is 9.22. The Morgan fingerprint density at radius 2 is 1.45 bits per heavy atom. The van der Waals surface area contributed by atoms with E-state index in [1.807, 2.05) is 67.6 Å². The molecule has 3 N–H and O–H groups in total. The molecule has 0 aliphatic rings. The monoisotopic (exact) mass is 697 g/mol. The molecule has 3 amide bonds. The molecule has 6 rings (SSSR count). The van der Waals surface area contributed by atoms with Gasteiger partial charge in [0.05, 0.1) is 17.1 Å². The number of hydrogen-bond acceptors (Lipinski definition) is 6. The molecule has 2 heterocycles. The first-order valence-electron chi connectivity index (χ1n) is 16.1. The lowest BCUT2D eigenvalue weighted by molar-refractivity contribution is -0.114. The number of benzene rings is 4. The third-order valence-corrected chi connectivity index (χ3v) is 9.09. The van der Waals surface area contributed by atoms with Crippen molar-refractivity contribution >= 4 is 46.9 Å². The van der Waals surface area contributed by atoms with Crippen molar-refractivity contribution in [2.45, 2.75) is 18.7 Å². The Hall–Kier alpha value is -6.33. The molecule has 256 valence electrons. The first-order valence-corrected chi connectivity index (χ1v) is 17.1. The van der Waals surface area contributed by atoms with Crippen molar-refractivity contribution in [3.05, 3.63) is 160 Å². The summed E-state index contributed by atoms with van der Waals surface area (Å²) in [6, 6.07) is 36.2. The maximum atomic E-state index is 13.5. The average molecular weight is 698 g/mol. The van der Waals surface area contributed by atoms with Crippen molar-refractivity contribution < 1.29 is 18.8 Å². The summed E-state index contributed by atoms with van der Waals surface area (Å²) >= 11 is 1.29. The third-order valence-electron chi connectivity index (χ3n) is 8.08. The van der Waals surface area contributed by atoms with Gasteiger partial charge in [-0.3, -0.25) is 23.9 Å². The number of furan rings is 1. The molecule has 11 heteroatoms. The van der Waals surface area contributed by atoms with Crippen LogP contribution in [0.1, 0.15) is 27.4 Å². The Labute approximate surface area is 298 Å². The predicted molar refractivity (Wildman–Crippen MR) is 201 cm³/mol. The van der Waals surface area contributed by atoms with Gasteiger partial charge >= 0.3 is 0 Å². The molecular formula is C40H35N5O5S. The second-order valence-electron chi connectivity index (χ2n) is 11.7. The van der Waals surface area contributed by atoms with Gasteiger partial charge in [0.15, 0.2) is 0 Å². The Balaban J connectivity index is 1.12. The fraction of sp³-hybridized carbons (Fsp3) is 0.100. The molecule has 0 radical (unpaired) electrons. The van der Waals surface area contributed by atoms with Gasteiger partial charge in [0, 0.05) is 34.8 Å². The van der Waals surface area contributed by atoms with E-state index in [9.17, 15) is 19.2 Å². The number of aryl methyl sites for hydroxylation is 1. The summed E-state index contributed by atoms with van der Waals surface area (Å²) in [6.45, 7) is 3.78. The molecule has 6 aromatic rings. The molecule has 2 aromatic heterocycles. The molecule has 4 aromatic carbocycles. The van der Waals surface area contributed by atoms with E-state index >= 15 is 0 Å². The van der Waals surface area contributed by atoms with Gasteiger partial charge in [-0.1, -0.05) is 66.2 Å². The fourth-order valence-electron chi connectivity index (χ4n) is 5.26. The van der Waals surface area contributed by atoms with E-state index in [-0.39, 0.29) is 28.6 Å². The van der Waals surface area contributed by atoms with Crippen molar-refractivity contribution in [3.8, 4) is 17.0 Å². The van der Waals surface area contributed by atoms with Gasteiger partial charge in [-0.2, -0.15) is 0 Å². The molecule has 0 atom stereocenters. The molecule has 10 nitrogen and oxygen atoms in total. The molecule has 51 heavy (non-hydrogen) atoms. The number of aromatic nitrogens is 2. The molecular weight excluding hydrogens is 663 g/mol. The summed E-state index contributed by atoms with van der Waals surface area (Å²) in [5.41, 5.74) is 4.13. The second kappa shape index (κ2) is 15.5. The Morgan fingerprint density at radius 3 is 2.14 bits per heavy atom. The lowest BCUT2D eigenvalue weighted by atomic mass is 10.1. The molecule has 0 saturated heterocycles. The van der Waals surface area contributed by atoms with Gasteiger partial charge in [-0.25, -0.2) is 4.68 Å². The van der Waals surface area contributed by atoms with Gasteiger partial charge in [-0.15, -0.1) is 11.8 Å². The van der Waals surface area contributed by atoms with Gasteiger partial charge < -0.3 is 20.4 Å². The summed E-state index contributed by atoms with van der Waals surface area (Å²) in [5.74, 6) is -0.240. The maximum Gasteiger partial charge on any atom is 0.295 e. The molecule has 0 aliphatic carbocycles. The molecule has 0 fully saturated rings. The number of nitrogens with zero attached hydrogens (tertiary/aromatic N) is 2. The predicted octanol–water partition coefficient (Wildman–Crippen LogP) is 7.19. The number of hydrogen-bond donors (Lipinski definition) is 3. The van der Waals surface area contributed by atoms with Gasteiger partial charge in [-0.05, 0) is 74.5 Å². The highest BCUT2D eigenvalue weighted by Crippen LogP contribution is 2.25. The Kier molecular flexibility index (Phi) is 10.5. The van der Waals surface area contributed by atoms with Gasteiger partial charge in [0.1, 0.15) is 22.9 Å². The summed E-state index contributed by atoms with van der Waals surface area (Å²) in [5, 5.41) is 8.32. The molecule has 0 bridgehead atoms. The zero-order chi connectivity index (χ0) is 35.9.